The van der Waals surface area contributed by atoms with Crippen LogP contribution in [0.15, 0.2) is 35.3 Å². The molecular formula is C23H40N6. The minimum absolute atomic E-state index is 0.584. The number of hydrogen-bond acceptors (Lipinski definition) is 4. The molecule has 2 saturated heterocycles. The molecule has 0 aromatic heterocycles. The summed E-state index contributed by atoms with van der Waals surface area (Å²) in [6, 6.07) is 11.4. The van der Waals surface area contributed by atoms with Crippen molar-refractivity contribution in [3.63, 3.8) is 0 Å². The first kappa shape index (κ1) is 22.1. The second-order valence-electron chi connectivity index (χ2n) is 8.39. The van der Waals surface area contributed by atoms with Gasteiger partial charge in [-0.05, 0) is 50.9 Å². The molecule has 2 aliphatic rings. The molecule has 0 amide bonds. The zero-order valence-corrected chi connectivity index (χ0v) is 18.2. The molecule has 2 fully saturated rings. The topological polar surface area (TPSA) is 60.1 Å². The standard InChI is InChI=1S/C23H40N6/c1-2-29-14-8-11-22(29)19-26-23(24)25-12-6-7-13-27-15-17-28(18-16-27)20-21-9-4-3-5-10-21/h3-5,9-10,22H,2,6-8,11-20H2,1H3,(H3,24,25,26). The van der Waals surface area contributed by atoms with Crippen LogP contribution in [-0.2, 0) is 6.54 Å². The Bertz CT molecular complexity index is 597. The highest BCUT2D eigenvalue weighted by atomic mass is 15.3. The van der Waals surface area contributed by atoms with Crippen molar-refractivity contribution in [2.75, 3.05) is 58.9 Å². The third kappa shape index (κ3) is 7.61. The number of nitrogens with zero attached hydrogens (tertiary/aromatic N) is 4. The van der Waals surface area contributed by atoms with Crippen LogP contribution in [0.2, 0.25) is 0 Å². The maximum Gasteiger partial charge on any atom is 0.188 e. The molecule has 2 heterocycles. The number of likely N-dealkylation sites (tertiary alicyclic amines) is 1. The van der Waals surface area contributed by atoms with Crippen LogP contribution in [0.1, 0.15) is 38.2 Å². The fourth-order valence-corrected chi connectivity index (χ4v) is 4.47. The van der Waals surface area contributed by atoms with Crippen LogP contribution in [0.4, 0.5) is 0 Å². The third-order valence-corrected chi connectivity index (χ3v) is 6.30. The zero-order valence-electron chi connectivity index (χ0n) is 18.2. The van der Waals surface area contributed by atoms with Crippen molar-refractivity contribution < 1.29 is 0 Å². The Balaban J connectivity index is 1.22. The predicted molar refractivity (Wildman–Crippen MR) is 122 cm³/mol. The molecule has 1 aromatic carbocycles. The highest BCUT2D eigenvalue weighted by Crippen LogP contribution is 2.16. The minimum Gasteiger partial charge on any atom is -0.370 e. The van der Waals surface area contributed by atoms with Gasteiger partial charge >= 0.3 is 0 Å². The Morgan fingerprint density at radius 1 is 1.07 bits per heavy atom. The molecule has 0 spiro atoms. The van der Waals surface area contributed by atoms with Crippen LogP contribution in [0.25, 0.3) is 0 Å². The fraction of sp³-hybridized carbons (Fsp3) is 0.696. The molecule has 3 N–H and O–H groups in total. The van der Waals surface area contributed by atoms with E-state index in [0.717, 1.165) is 32.6 Å². The van der Waals surface area contributed by atoms with Gasteiger partial charge in [-0.15, -0.1) is 0 Å². The van der Waals surface area contributed by atoms with Gasteiger partial charge in [0.25, 0.3) is 0 Å². The molecule has 0 radical (unpaired) electrons. The number of hydrogen-bond donors (Lipinski definition) is 2. The molecule has 0 bridgehead atoms. The lowest BCUT2D eigenvalue weighted by Gasteiger charge is -2.34. The van der Waals surface area contributed by atoms with Gasteiger partial charge < -0.3 is 16.0 Å². The first-order valence-corrected chi connectivity index (χ1v) is 11.5. The number of likely N-dealkylation sites (N-methyl/N-ethyl adjacent to an activating group) is 1. The monoisotopic (exact) mass is 400 g/mol. The molecule has 162 valence electrons. The maximum absolute atomic E-state index is 6.05. The highest BCUT2D eigenvalue weighted by molar-refractivity contribution is 5.77. The fourth-order valence-electron chi connectivity index (χ4n) is 4.47. The summed E-state index contributed by atoms with van der Waals surface area (Å²) in [6.07, 6.45) is 4.90. The number of nitrogens with two attached hydrogens (primary N) is 1. The summed E-state index contributed by atoms with van der Waals surface area (Å²) >= 11 is 0. The molecular weight excluding hydrogens is 360 g/mol. The summed E-state index contributed by atoms with van der Waals surface area (Å²) in [5.74, 6) is 0.613. The van der Waals surface area contributed by atoms with Gasteiger partial charge in [-0.1, -0.05) is 37.3 Å². The summed E-state index contributed by atoms with van der Waals surface area (Å²) < 4.78 is 0. The van der Waals surface area contributed by atoms with Crippen LogP contribution in [0.5, 0.6) is 0 Å². The zero-order chi connectivity index (χ0) is 20.3. The van der Waals surface area contributed by atoms with Crippen LogP contribution in [-0.4, -0.2) is 85.6 Å². The van der Waals surface area contributed by atoms with Gasteiger partial charge in [0.05, 0.1) is 6.54 Å². The van der Waals surface area contributed by atoms with E-state index < -0.39 is 0 Å². The van der Waals surface area contributed by atoms with Crippen molar-refractivity contribution >= 4 is 5.96 Å². The number of unbranched alkanes of at least 4 members (excludes halogenated alkanes) is 1. The van der Waals surface area contributed by atoms with E-state index in [4.69, 9.17) is 5.73 Å². The first-order valence-electron chi connectivity index (χ1n) is 11.5. The van der Waals surface area contributed by atoms with Gasteiger partial charge in [0.2, 0.25) is 0 Å². The van der Waals surface area contributed by atoms with Crippen LogP contribution >= 0.6 is 0 Å². The lowest BCUT2D eigenvalue weighted by Crippen LogP contribution is -2.46. The summed E-state index contributed by atoms with van der Waals surface area (Å²) in [7, 11) is 0. The van der Waals surface area contributed by atoms with E-state index >= 15 is 0 Å². The van der Waals surface area contributed by atoms with Crippen molar-refractivity contribution in [1.82, 2.24) is 20.0 Å². The number of rotatable bonds is 10. The smallest absolute Gasteiger partial charge is 0.188 e. The Kier molecular flexibility index (Phi) is 9.25. The van der Waals surface area contributed by atoms with Crippen LogP contribution in [0, 0.1) is 0 Å². The Morgan fingerprint density at radius 2 is 1.83 bits per heavy atom. The second kappa shape index (κ2) is 12.2. The van der Waals surface area contributed by atoms with Gasteiger partial charge in [-0.3, -0.25) is 14.8 Å². The Morgan fingerprint density at radius 3 is 2.59 bits per heavy atom. The van der Waals surface area contributed by atoms with E-state index in [9.17, 15) is 0 Å². The maximum atomic E-state index is 6.05. The molecule has 3 rings (SSSR count). The van der Waals surface area contributed by atoms with Gasteiger partial charge in [0.15, 0.2) is 5.96 Å². The Labute approximate surface area is 177 Å². The largest absolute Gasteiger partial charge is 0.370 e. The van der Waals surface area contributed by atoms with Crippen molar-refractivity contribution in [2.24, 2.45) is 10.7 Å². The van der Waals surface area contributed by atoms with Crippen LogP contribution in [0.3, 0.4) is 0 Å². The minimum atomic E-state index is 0.584. The van der Waals surface area contributed by atoms with E-state index in [0.29, 0.717) is 12.0 Å². The van der Waals surface area contributed by atoms with Gasteiger partial charge in [0, 0.05) is 45.3 Å². The number of benzene rings is 1. The molecule has 0 aliphatic carbocycles. The molecule has 0 saturated carbocycles. The SMILES string of the molecule is CCN1CCCC1CN=C(N)NCCCCN1CCN(Cc2ccccc2)CC1. The van der Waals surface area contributed by atoms with Gasteiger partial charge in [-0.25, -0.2) is 0 Å². The molecule has 1 unspecified atom stereocenters. The number of guanidine groups is 1. The third-order valence-electron chi connectivity index (χ3n) is 6.30. The average molecular weight is 401 g/mol. The Hall–Kier alpha value is -1.63. The van der Waals surface area contributed by atoms with E-state index in [1.54, 1.807) is 0 Å². The molecule has 6 nitrogen and oxygen atoms in total. The molecule has 1 atom stereocenters. The van der Waals surface area contributed by atoms with Gasteiger partial charge in [0.1, 0.15) is 0 Å². The molecule has 29 heavy (non-hydrogen) atoms. The summed E-state index contributed by atoms with van der Waals surface area (Å²) in [5, 5.41) is 3.29. The summed E-state index contributed by atoms with van der Waals surface area (Å²) in [6.45, 7) is 13.3. The number of aliphatic imine (C=N–C) groups is 1. The number of nitrogens with one attached hydrogen (secondary N) is 1. The second-order valence-corrected chi connectivity index (χ2v) is 8.39. The normalized spacial score (nSPS) is 22.2. The first-order chi connectivity index (χ1) is 14.2. The number of piperazine rings is 1. The molecule has 1 aromatic rings. The summed E-state index contributed by atoms with van der Waals surface area (Å²) in [5.41, 5.74) is 7.46. The quantitative estimate of drug-likeness (QED) is 0.357. The summed E-state index contributed by atoms with van der Waals surface area (Å²) in [4.78, 5) is 12.2. The van der Waals surface area contributed by atoms with Crippen LogP contribution < -0.4 is 11.1 Å². The van der Waals surface area contributed by atoms with Crippen molar-refractivity contribution in [1.29, 1.82) is 0 Å². The van der Waals surface area contributed by atoms with E-state index in [-0.39, 0.29) is 0 Å². The lowest BCUT2D eigenvalue weighted by molar-refractivity contribution is 0.126. The highest BCUT2D eigenvalue weighted by Gasteiger charge is 2.22. The molecule has 6 heteroatoms. The van der Waals surface area contributed by atoms with E-state index in [1.165, 1.54) is 64.1 Å². The van der Waals surface area contributed by atoms with E-state index in [1.807, 2.05) is 0 Å². The molecule has 2 aliphatic heterocycles. The predicted octanol–water partition coefficient (Wildman–Crippen LogP) is 1.97. The van der Waals surface area contributed by atoms with E-state index in [2.05, 4.69) is 62.3 Å². The van der Waals surface area contributed by atoms with Crippen molar-refractivity contribution in [3.8, 4) is 0 Å². The lowest BCUT2D eigenvalue weighted by atomic mass is 10.2. The van der Waals surface area contributed by atoms with Crippen molar-refractivity contribution in [2.45, 2.75) is 45.2 Å². The van der Waals surface area contributed by atoms with Crippen molar-refractivity contribution in [3.05, 3.63) is 35.9 Å². The van der Waals surface area contributed by atoms with Gasteiger partial charge in [-0.2, -0.15) is 0 Å². The average Bonchev–Trinajstić information content (AvgIpc) is 3.21.